The Hall–Kier alpha value is -2.93. The van der Waals surface area contributed by atoms with Gasteiger partial charge in [-0.05, 0) is 54.6 Å². The summed E-state index contributed by atoms with van der Waals surface area (Å²) in [7, 11) is 0. The third-order valence-electron chi connectivity index (χ3n) is 4.98. The number of carbonyl (C=O) groups excluding carboxylic acids is 2. The van der Waals surface area contributed by atoms with E-state index in [2.05, 4.69) is 10.7 Å². The van der Waals surface area contributed by atoms with Crippen LogP contribution in [0.15, 0.2) is 66.7 Å². The summed E-state index contributed by atoms with van der Waals surface area (Å²) in [4.78, 5) is 25.6. The summed E-state index contributed by atoms with van der Waals surface area (Å²) in [6, 6.07) is 15.5. The zero-order valence-corrected chi connectivity index (χ0v) is 18.6. The van der Waals surface area contributed by atoms with E-state index in [-0.39, 0.29) is 5.56 Å². The van der Waals surface area contributed by atoms with Crippen molar-refractivity contribution in [2.75, 3.05) is 0 Å². The molecule has 162 valence electrons. The molecule has 5 nitrogen and oxygen atoms in total. The number of hydrazone groups is 1. The zero-order chi connectivity index (χ0) is 22.8. The number of hydrazine groups is 1. The number of carbonyl (C=O) groups is 2. The van der Waals surface area contributed by atoms with Crippen LogP contribution in [-0.4, -0.2) is 28.8 Å². The summed E-state index contributed by atoms with van der Waals surface area (Å²) in [6.07, 6.45) is 1.67. The van der Waals surface area contributed by atoms with Crippen LogP contribution < -0.4 is 10.7 Å². The highest BCUT2D eigenvalue weighted by Gasteiger charge is 2.47. The molecule has 0 radical (unpaired) electrons. The molecule has 1 aliphatic rings. The van der Waals surface area contributed by atoms with Gasteiger partial charge in [0, 0.05) is 21.2 Å². The number of nitrogens with zero attached hydrogens (tertiary/aromatic N) is 1. The monoisotopic (exact) mass is 490 g/mol. The second-order valence-electron chi connectivity index (χ2n) is 7.13. The average Bonchev–Trinajstić information content (AvgIpc) is 3.06. The van der Waals surface area contributed by atoms with Crippen molar-refractivity contribution in [3.8, 4) is 0 Å². The number of hydrogen-bond donors (Lipinski definition) is 2. The fraction of sp³-hybridized carbons (Fsp3) is 0.0870. The van der Waals surface area contributed by atoms with Crippen molar-refractivity contribution in [3.05, 3.63) is 104 Å². The van der Waals surface area contributed by atoms with Gasteiger partial charge in [-0.15, -0.1) is 10.1 Å². The van der Waals surface area contributed by atoms with Crippen molar-refractivity contribution in [1.82, 2.24) is 10.7 Å². The zero-order valence-electron chi connectivity index (χ0n) is 16.4. The first-order chi connectivity index (χ1) is 15.3. The Balaban J connectivity index is 1.72. The maximum Gasteiger partial charge on any atom is 0.304 e. The molecular weight excluding hydrogens is 476 g/mol. The Bertz CT molecular complexity index is 1210. The summed E-state index contributed by atoms with van der Waals surface area (Å²) in [5.74, 6) is -1.38. The Kier molecular flexibility index (Phi) is 6.46. The number of halogens is 4. The van der Waals surface area contributed by atoms with Gasteiger partial charge in [0.1, 0.15) is 5.82 Å². The van der Waals surface area contributed by atoms with Crippen LogP contribution in [0.3, 0.4) is 0 Å². The lowest BCUT2D eigenvalue weighted by Crippen LogP contribution is -2.42. The molecular formula is C23H16Cl3FN3O2+. The molecule has 1 saturated heterocycles. The van der Waals surface area contributed by atoms with E-state index in [4.69, 9.17) is 34.8 Å². The van der Waals surface area contributed by atoms with Crippen LogP contribution in [0.2, 0.25) is 15.1 Å². The van der Waals surface area contributed by atoms with E-state index in [1.807, 2.05) is 0 Å². The minimum Gasteiger partial charge on any atom is -0.334 e. The Morgan fingerprint density at radius 1 is 0.969 bits per heavy atom. The molecule has 0 unspecified atom stereocenters. The average molecular weight is 492 g/mol. The van der Waals surface area contributed by atoms with Crippen molar-refractivity contribution in [2.45, 2.75) is 12.1 Å². The van der Waals surface area contributed by atoms with Crippen LogP contribution in [-0.2, 0) is 4.79 Å². The fourth-order valence-electron chi connectivity index (χ4n) is 3.42. The van der Waals surface area contributed by atoms with Gasteiger partial charge >= 0.3 is 5.91 Å². The Morgan fingerprint density at radius 2 is 1.62 bits per heavy atom. The number of nitrogens with one attached hydrogen (secondary N) is 2. The molecule has 1 heterocycles. The first-order valence-corrected chi connectivity index (χ1v) is 10.7. The highest BCUT2D eigenvalue weighted by Crippen LogP contribution is 2.28. The second-order valence-corrected chi connectivity index (χ2v) is 8.41. The molecule has 3 aromatic rings. The van der Waals surface area contributed by atoms with E-state index in [0.29, 0.717) is 20.6 Å². The van der Waals surface area contributed by atoms with E-state index in [1.165, 1.54) is 24.3 Å². The summed E-state index contributed by atoms with van der Waals surface area (Å²) in [5.41, 5.74) is 4.36. The molecule has 3 aromatic carbocycles. The molecule has 2 atom stereocenters. The van der Waals surface area contributed by atoms with Crippen LogP contribution >= 0.6 is 34.8 Å². The van der Waals surface area contributed by atoms with Crippen LogP contribution in [0.4, 0.5) is 4.39 Å². The molecule has 32 heavy (non-hydrogen) atoms. The third-order valence-corrected chi connectivity index (χ3v) is 5.80. The maximum atomic E-state index is 13.2. The highest BCUT2D eigenvalue weighted by atomic mass is 35.5. The smallest absolute Gasteiger partial charge is 0.304 e. The van der Waals surface area contributed by atoms with E-state index in [0.717, 1.165) is 5.56 Å². The molecule has 0 saturated carbocycles. The van der Waals surface area contributed by atoms with E-state index >= 15 is 0 Å². The van der Waals surface area contributed by atoms with Gasteiger partial charge in [-0.2, -0.15) is 0 Å². The predicted octanol–water partition coefficient (Wildman–Crippen LogP) is 4.80. The van der Waals surface area contributed by atoms with Gasteiger partial charge < -0.3 is 5.32 Å². The normalized spacial score (nSPS) is 19.1. The number of hydrogen-bond acceptors (Lipinski definition) is 2. The minimum atomic E-state index is -0.934. The lowest BCUT2D eigenvalue weighted by molar-refractivity contribution is -0.596. The molecule has 1 fully saturated rings. The molecule has 2 amide bonds. The van der Waals surface area contributed by atoms with Crippen LogP contribution in [0, 0.1) is 5.82 Å². The molecule has 4 rings (SSSR count). The Labute approximate surface area is 198 Å². The van der Waals surface area contributed by atoms with Gasteiger partial charge in [0.15, 0.2) is 6.04 Å². The van der Waals surface area contributed by atoms with Gasteiger partial charge in [0.05, 0.1) is 10.6 Å². The summed E-state index contributed by atoms with van der Waals surface area (Å²) < 4.78 is 14.8. The van der Waals surface area contributed by atoms with Gasteiger partial charge in [-0.1, -0.05) is 46.9 Å². The van der Waals surface area contributed by atoms with Crippen LogP contribution in [0.5, 0.6) is 0 Å². The van der Waals surface area contributed by atoms with E-state index in [1.54, 1.807) is 53.4 Å². The first kappa shape index (κ1) is 22.3. The van der Waals surface area contributed by atoms with Crippen molar-refractivity contribution in [1.29, 1.82) is 0 Å². The van der Waals surface area contributed by atoms with E-state index < -0.39 is 29.7 Å². The quantitative estimate of drug-likeness (QED) is 0.515. The van der Waals surface area contributed by atoms with Gasteiger partial charge in [-0.25, -0.2) is 4.39 Å². The van der Waals surface area contributed by atoms with E-state index in [9.17, 15) is 14.0 Å². The summed E-state index contributed by atoms with van der Waals surface area (Å²) in [6.45, 7) is 0. The molecule has 0 bridgehead atoms. The topological polar surface area (TPSA) is 61.2 Å². The maximum absolute atomic E-state index is 13.2. The lowest BCUT2D eigenvalue weighted by Gasteiger charge is -2.15. The number of rotatable bonds is 4. The molecule has 2 N–H and O–H groups in total. The summed E-state index contributed by atoms with van der Waals surface area (Å²) >= 11 is 18.3. The predicted molar refractivity (Wildman–Crippen MR) is 122 cm³/mol. The van der Waals surface area contributed by atoms with Crippen LogP contribution in [0.25, 0.3) is 0 Å². The third kappa shape index (κ3) is 4.78. The number of amides is 2. The van der Waals surface area contributed by atoms with Gasteiger partial charge in [0.2, 0.25) is 12.3 Å². The van der Waals surface area contributed by atoms with Crippen molar-refractivity contribution in [2.24, 2.45) is 0 Å². The minimum absolute atomic E-state index is 0.234. The lowest BCUT2D eigenvalue weighted by atomic mass is 9.99. The van der Waals surface area contributed by atoms with Crippen molar-refractivity contribution < 1.29 is 18.7 Å². The molecule has 9 heteroatoms. The van der Waals surface area contributed by atoms with Crippen LogP contribution in [0.1, 0.15) is 27.5 Å². The first-order valence-electron chi connectivity index (χ1n) is 9.52. The van der Waals surface area contributed by atoms with Gasteiger partial charge in [-0.3, -0.25) is 9.59 Å². The molecule has 0 aliphatic carbocycles. The van der Waals surface area contributed by atoms with Gasteiger partial charge in [0.25, 0.3) is 5.91 Å². The Morgan fingerprint density at radius 3 is 2.28 bits per heavy atom. The highest BCUT2D eigenvalue weighted by molar-refractivity contribution is 6.36. The molecule has 0 spiro atoms. The number of benzene rings is 3. The molecule has 0 aromatic heterocycles. The fourth-order valence-corrected chi connectivity index (χ4v) is 4.01. The molecule has 1 aliphatic heterocycles. The van der Waals surface area contributed by atoms with Crippen molar-refractivity contribution >= 4 is 52.8 Å². The van der Waals surface area contributed by atoms with Crippen molar-refractivity contribution in [3.63, 3.8) is 0 Å². The largest absolute Gasteiger partial charge is 0.334 e. The SMILES string of the molecule is O=C(N[C@H]1C(=O)N/[N+](=C\c2ccc(Cl)cc2Cl)[C@H]1c1ccc(Cl)cc1)c1ccc(F)cc1. The standard InChI is InChI=1S/C23H15Cl3FN3O2/c24-16-6-1-13(2-7-16)21-20(28-22(31)14-4-9-18(27)10-5-14)23(32)29-30(21)12-15-3-8-17(25)11-19(15)26/h1-12,20-21H,(H-,28,29,31,32)/p+1/b30-12-/t20-,21+/m1/s1. The second kappa shape index (κ2) is 9.28. The summed E-state index contributed by atoms with van der Waals surface area (Å²) in [5, 5.41) is 4.17.